The molecule has 0 saturated heterocycles. The Morgan fingerprint density at radius 2 is 1.89 bits per heavy atom. The molecule has 4 heteroatoms. The molecule has 4 atom stereocenters. The summed E-state index contributed by atoms with van der Waals surface area (Å²) in [5.41, 5.74) is -1.42. The number of ketones is 3. The Labute approximate surface area is 162 Å². The second-order valence-corrected chi connectivity index (χ2v) is 9.84. The van der Waals surface area contributed by atoms with Crippen LogP contribution in [0.2, 0.25) is 0 Å². The van der Waals surface area contributed by atoms with E-state index >= 15 is 0 Å². The summed E-state index contributed by atoms with van der Waals surface area (Å²) < 4.78 is 0. The number of rotatable bonds is 5. The van der Waals surface area contributed by atoms with Gasteiger partial charge in [-0.1, -0.05) is 39.3 Å². The van der Waals surface area contributed by atoms with Crippen molar-refractivity contribution in [2.75, 3.05) is 0 Å². The number of Topliss-reactive ketones (excluding diaryl/α,β-unsaturated/α-hetero) is 3. The van der Waals surface area contributed by atoms with E-state index in [4.69, 9.17) is 0 Å². The second-order valence-electron chi connectivity index (χ2n) is 9.84. The molecule has 27 heavy (non-hydrogen) atoms. The van der Waals surface area contributed by atoms with Gasteiger partial charge in [0.2, 0.25) is 0 Å². The maximum atomic E-state index is 13.7. The lowest BCUT2D eigenvalue weighted by molar-refractivity contribution is -0.144. The van der Waals surface area contributed by atoms with Crippen LogP contribution >= 0.6 is 0 Å². The number of allylic oxidation sites excluding steroid dienone is 4. The molecule has 1 spiro atoms. The van der Waals surface area contributed by atoms with E-state index in [2.05, 4.69) is 13.8 Å². The minimum absolute atomic E-state index is 0.0775. The highest BCUT2D eigenvalue weighted by Gasteiger charge is 2.75. The number of carbonyl (C=O) groups excluding carboxylic acids is 3. The summed E-state index contributed by atoms with van der Waals surface area (Å²) in [7, 11) is 0. The molecule has 2 fully saturated rings. The van der Waals surface area contributed by atoms with Crippen molar-refractivity contribution in [2.24, 2.45) is 28.1 Å². The number of fused-ring (bicyclic) bond motifs is 1. The van der Waals surface area contributed by atoms with Gasteiger partial charge in [-0.25, -0.2) is 0 Å². The summed E-state index contributed by atoms with van der Waals surface area (Å²) in [6.07, 6.45) is 4.65. The Morgan fingerprint density at radius 1 is 1.26 bits per heavy atom. The lowest BCUT2D eigenvalue weighted by atomic mass is 9.63. The van der Waals surface area contributed by atoms with Crippen LogP contribution in [0.4, 0.5) is 0 Å². The van der Waals surface area contributed by atoms with Crippen molar-refractivity contribution in [2.45, 2.75) is 73.6 Å². The molecule has 148 valence electrons. The van der Waals surface area contributed by atoms with Gasteiger partial charge in [0.1, 0.15) is 11.3 Å². The van der Waals surface area contributed by atoms with Crippen molar-refractivity contribution in [1.29, 1.82) is 0 Å². The molecule has 1 N–H and O–H groups in total. The lowest BCUT2D eigenvalue weighted by Crippen LogP contribution is -2.50. The van der Waals surface area contributed by atoms with Crippen LogP contribution in [-0.2, 0) is 14.4 Å². The summed E-state index contributed by atoms with van der Waals surface area (Å²) >= 11 is 0. The lowest BCUT2D eigenvalue weighted by Gasteiger charge is -2.37. The first kappa shape index (κ1) is 20.0. The Hall–Kier alpha value is -1.71. The molecule has 3 rings (SSSR count). The zero-order chi connectivity index (χ0) is 20.4. The summed E-state index contributed by atoms with van der Waals surface area (Å²) in [6, 6.07) is 0. The van der Waals surface area contributed by atoms with Crippen molar-refractivity contribution >= 4 is 17.3 Å². The van der Waals surface area contributed by atoms with Gasteiger partial charge in [-0.15, -0.1) is 0 Å². The minimum atomic E-state index is -1.12. The molecule has 0 aromatic heterocycles. The Kier molecular flexibility index (Phi) is 4.56. The van der Waals surface area contributed by atoms with Crippen LogP contribution in [0, 0.1) is 28.1 Å². The van der Waals surface area contributed by atoms with E-state index in [0.29, 0.717) is 25.7 Å². The molecule has 0 aliphatic heterocycles. The first-order valence-electron chi connectivity index (χ1n) is 10.2. The van der Waals surface area contributed by atoms with Gasteiger partial charge in [0.05, 0.1) is 10.8 Å². The number of aliphatic hydroxyl groups is 1. The fourth-order valence-electron chi connectivity index (χ4n) is 5.59. The first-order valence-corrected chi connectivity index (χ1v) is 10.2. The van der Waals surface area contributed by atoms with E-state index < -0.39 is 16.6 Å². The van der Waals surface area contributed by atoms with Crippen molar-refractivity contribution in [3.8, 4) is 0 Å². The van der Waals surface area contributed by atoms with Gasteiger partial charge in [0, 0.05) is 5.92 Å². The van der Waals surface area contributed by atoms with Gasteiger partial charge < -0.3 is 5.11 Å². The number of hydrogen-bond acceptors (Lipinski definition) is 4. The highest BCUT2D eigenvalue weighted by Crippen LogP contribution is 2.70. The van der Waals surface area contributed by atoms with E-state index in [1.807, 2.05) is 26.8 Å². The van der Waals surface area contributed by atoms with E-state index in [1.54, 1.807) is 6.92 Å². The average molecular weight is 373 g/mol. The first-order chi connectivity index (χ1) is 12.5. The molecule has 3 aliphatic rings. The van der Waals surface area contributed by atoms with Gasteiger partial charge in [-0.3, -0.25) is 14.4 Å². The van der Waals surface area contributed by atoms with Crippen LogP contribution in [0.25, 0.3) is 0 Å². The molecule has 2 saturated carbocycles. The molecular weight excluding hydrogens is 340 g/mol. The van der Waals surface area contributed by atoms with Crippen LogP contribution in [0.15, 0.2) is 23.0 Å². The van der Waals surface area contributed by atoms with Gasteiger partial charge in [-0.2, -0.15) is 0 Å². The normalized spacial score (nSPS) is 35.3. The highest BCUT2D eigenvalue weighted by molar-refractivity contribution is 6.32. The summed E-state index contributed by atoms with van der Waals surface area (Å²) in [4.78, 5) is 40.3. The third-order valence-electron chi connectivity index (χ3n) is 7.58. The van der Waals surface area contributed by atoms with Crippen LogP contribution < -0.4 is 0 Å². The molecule has 4 nitrogen and oxygen atoms in total. The van der Waals surface area contributed by atoms with Gasteiger partial charge in [0.25, 0.3) is 0 Å². The molecule has 0 amide bonds. The molecule has 2 unspecified atom stereocenters. The van der Waals surface area contributed by atoms with E-state index in [0.717, 1.165) is 12.0 Å². The standard InChI is InChI=1S/C23H32O4/c1-7-14(4)17(24)16-18(25)22(9-8-13(2)3)12-15-21(5,6)10-11-23(15,19(16)26)20(22)27/h8,14-15,25H,7,9-12H2,1-6H3/t14?,15-,22?,23+/m0/s1. The minimum Gasteiger partial charge on any atom is -0.510 e. The van der Waals surface area contributed by atoms with E-state index in [9.17, 15) is 19.5 Å². The second kappa shape index (κ2) is 6.15. The van der Waals surface area contributed by atoms with Crippen LogP contribution in [0.1, 0.15) is 73.6 Å². The van der Waals surface area contributed by atoms with Crippen LogP contribution in [0.5, 0.6) is 0 Å². The van der Waals surface area contributed by atoms with Crippen LogP contribution in [0.3, 0.4) is 0 Å². The van der Waals surface area contributed by atoms with Crippen molar-refractivity contribution in [3.63, 3.8) is 0 Å². The number of carbonyl (C=O) groups is 3. The third kappa shape index (κ3) is 2.44. The maximum Gasteiger partial charge on any atom is 0.183 e. The zero-order valence-corrected chi connectivity index (χ0v) is 17.4. The summed E-state index contributed by atoms with van der Waals surface area (Å²) in [5.74, 6) is -1.58. The van der Waals surface area contributed by atoms with E-state index in [1.165, 1.54) is 0 Å². The largest absolute Gasteiger partial charge is 0.510 e. The Bertz CT molecular complexity index is 780. The fourth-order valence-corrected chi connectivity index (χ4v) is 5.59. The quantitative estimate of drug-likeness (QED) is 0.430. The third-order valence-corrected chi connectivity index (χ3v) is 7.58. The molecule has 0 radical (unpaired) electrons. The fraction of sp³-hybridized carbons (Fsp3) is 0.696. The van der Waals surface area contributed by atoms with Gasteiger partial charge in [0.15, 0.2) is 17.3 Å². The van der Waals surface area contributed by atoms with Crippen molar-refractivity contribution < 1.29 is 19.5 Å². The Balaban J connectivity index is 2.25. The van der Waals surface area contributed by atoms with E-state index in [-0.39, 0.29) is 40.1 Å². The van der Waals surface area contributed by atoms with Crippen molar-refractivity contribution in [3.05, 3.63) is 23.0 Å². The zero-order valence-electron chi connectivity index (χ0n) is 17.4. The monoisotopic (exact) mass is 372 g/mol. The topological polar surface area (TPSA) is 71.4 Å². The van der Waals surface area contributed by atoms with Crippen LogP contribution in [-0.4, -0.2) is 22.5 Å². The van der Waals surface area contributed by atoms with Crippen molar-refractivity contribution in [1.82, 2.24) is 0 Å². The summed E-state index contributed by atoms with van der Waals surface area (Å²) in [6.45, 7) is 11.8. The van der Waals surface area contributed by atoms with Gasteiger partial charge in [-0.05, 0) is 57.3 Å². The smallest absolute Gasteiger partial charge is 0.183 e. The highest BCUT2D eigenvalue weighted by atomic mass is 16.3. The average Bonchev–Trinajstić information content (AvgIpc) is 2.99. The molecule has 0 heterocycles. The predicted octanol–water partition coefficient (Wildman–Crippen LogP) is 4.73. The SMILES string of the molecule is CCC(C)C(=O)C1=C(O)C2(CC=C(C)C)C[C@H]3C(C)(C)CC[C@@]3(C1=O)C2=O. The maximum absolute atomic E-state index is 13.7. The number of hydrogen-bond donors (Lipinski definition) is 1. The predicted molar refractivity (Wildman–Crippen MR) is 104 cm³/mol. The molecular formula is C23H32O4. The molecule has 0 aromatic carbocycles. The number of aliphatic hydroxyl groups excluding tert-OH is 1. The van der Waals surface area contributed by atoms with Gasteiger partial charge >= 0.3 is 0 Å². The molecule has 3 aliphatic carbocycles. The Morgan fingerprint density at radius 3 is 2.44 bits per heavy atom. The molecule has 2 bridgehead atoms. The molecule has 0 aromatic rings. The summed E-state index contributed by atoms with van der Waals surface area (Å²) in [5, 5.41) is 11.2.